The normalized spacial score (nSPS) is 13.8. The molecule has 0 heterocycles. The van der Waals surface area contributed by atoms with Gasteiger partial charge in [0.25, 0.3) is 0 Å². The molecule has 0 aromatic heterocycles. The minimum absolute atomic E-state index is 0.0288. The van der Waals surface area contributed by atoms with Crippen LogP contribution in [0.5, 0.6) is 0 Å². The highest BCUT2D eigenvalue weighted by Gasteiger charge is 2.26. The van der Waals surface area contributed by atoms with Gasteiger partial charge in [-0.3, -0.25) is 0 Å². The molecule has 2 unspecified atom stereocenters. The lowest BCUT2D eigenvalue weighted by Gasteiger charge is -2.33. The summed E-state index contributed by atoms with van der Waals surface area (Å²) in [4.78, 5) is 14.2. The Morgan fingerprint density at radius 1 is 1.32 bits per heavy atom. The number of nitrogens with one attached hydrogen (secondary N) is 1. The SMILES string of the molecule is CC(CCCO)NC(=O)N(C)C(c1ccccc1Cl)C(C)C. The van der Waals surface area contributed by atoms with Gasteiger partial charge in [-0.25, -0.2) is 4.79 Å². The summed E-state index contributed by atoms with van der Waals surface area (Å²) in [6, 6.07) is 7.46. The van der Waals surface area contributed by atoms with Crippen molar-refractivity contribution in [1.82, 2.24) is 10.2 Å². The maximum absolute atomic E-state index is 12.5. The van der Waals surface area contributed by atoms with E-state index in [1.165, 1.54) is 0 Å². The van der Waals surface area contributed by atoms with Crippen LogP contribution >= 0.6 is 11.6 Å². The number of carbonyl (C=O) groups is 1. The second-order valence-corrected chi connectivity index (χ2v) is 6.44. The fourth-order valence-electron chi connectivity index (χ4n) is 2.64. The molecule has 1 aromatic rings. The molecule has 0 radical (unpaired) electrons. The van der Waals surface area contributed by atoms with Gasteiger partial charge in [0.15, 0.2) is 0 Å². The van der Waals surface area contributed by atoms with Crippen LogP contribution in [-0.2, 0) is 0 Å². The fourth-order valence-corrected chi connectivity index (χ4v) is 2.89. The standard InChI is InChI=1S/C17H27ClN2O2/c1-12(2)16(14-9-5-6-10-15(14)18)20(4)17(22)19-13(3)8-7-11-21/h5-6,9-10,12-13,16,21H,7-8,11H2,1-4H3,(H,19,22). The van der Waals surface area contributed by atoms with Gasteiger partial charge >= 0.3 is 6.03 Å². The molecule has 0 saturated heterocycles. The zero-order chi connectivity index (χ0) is 16.7. The van der Waals surface area contributed by atoms with E-state index in [1.807, 2.05) is 31.2 Å². The lowest BCUT2D eigenvalue weighted by atomic mass is 9.95. The average molecular weight is 327 g/mol. The molecule has 2 atom stereocenters. The van der Waals surface area contributed by atoms with Crippen LogP contribution in [0.15, 0.2) is 24.3 Å². The molecule has 2 N–H and O–H groups in total. The Kier molecular flexibility index (Phi) is 7.69. The van der Waals surface area contributed by atoms with E-state index in [9.17, 15) is 4.79 Å². The van der Waals surface area contributed by atoms with Gasteiger partial charge in [0.1, 0.15) is 0 Å². The van der Waals surface area contributed by atoms with Crippen LogP contribution in [0.25, 0.3) is 0 Å². The summed E-state index contributed by atoms with van der Waals surface area (Å²) in [5.74, 6) is 0.239. The molecule has 0 aliphatic carbocycles. The molecule has 124 valence electrons. The molecule has 0 fully saturated rings. The molecule has 2 amide bonds. The summed E-state index contributed by atoms with van der Waals surface area (Å²) in [7, 11) is 1.79. The Bertz CT molecular complexity index is 479. The van der Waals surface area contributed by atoms with Gasteiger partial charge in [-0.15, -0.1) is 0 Å². The monoisotopic (exact) mass is 326 g/mol. The molecule has 0 aliphatic heterocycles. The molecule has 0 saturated carbocycles. The minimum atomic E-state index is -0.121. The van der Waals surface area contributed by atoms with Gasteiger partial charge in [0.05, 0.1) is 6.04 Å². The van der Waals surface area contributed by atoms with Crippen molar-refractivity contribution in [1.29, 1.82) is 0 Å². The Balaban J connectivity index is 2.84. The molecule has 5 heteroatoms. The third-order valence-corrected chi connectivity index (χ3v) is 4.10. The third kappa shape index (κ3) is 5.18. The van der Waals surface area contributed by atoms with E-state index < -0.39 is 0 Å². The summed E-state index contributed by atoms with van der Waals surface area (Å²) in [5.41, 5.74) is 0.958. The molecule has 22 heavy (non-hydrogen) atoms. The lowest BCUT2D eigenvalue weighted by molar-refractivity contribution is 0.169. The molecule has 0 aliphatic rings. The number of aliphatic hydroxyl groups excluding tert-OH is 1. The van der Waals surface area contributed by atoms with Crippen molar-refractivity contribution in [3.8, 4) is 0 Å². The Morgan fingerprint density at radius 3 is 2.50 bits per heavy atom. The summed E-state index contributed by atoms with van der Waals surface area (Å²) < 4.78 is 0. The topological polar surface area (TPSA) is 52.6 Å². The van der Waals surface area contributed by atoms with Crippen LogP contribution in [-0.4, -0.2) is 35.7 Å². The van der Waals surface area contributed by atoms with E-state index in [0.29, 0.717) is 11.4 Å². The van der Waals surface area contributed by atoms with Crippen LogP contribution in [0.2, 0.25) is 5.02 Å². The Morgan fingerprint density at radius 2 is 1.95 bits per heavy atom. The third-order valence-electron chi connectivity index (χ3n) is 3.76. The van der Waals surface area contributed by atoms with Gasteiger partial charge in [0.2, 0.25) is 0 Å². The number of aliphatic hydroxyl groups is 1. The summed E-state index contributed by atoms with van der Waals surface area (Å²) in [5, 5.41) is 12.5. The largest absolute Gasteiger partial charge is 0.396 e. The number of amides is 2. The second kappa shape index (κ2) is 9.01. The number of hydrogen-bond acceptors (Lipinski definition) is 2. The molecule has 0 bridgehead atoms. The van der Waals surface area contributed by atoms with Gasteiger partial charge in [-0.2, -0.15) is 0 Å². The van der Waals surface area contributed by atoms with E-state index in [4.69, 9.17) is 16.7 Å². The highest BCUT2D eigenvalue weighted by molar-refractivity contribution is 6.31. The Hall–Kier alpha value is -1.26. The van der Waals surface area contributed by atoms with Gasteiger partial charge < -0.3 is 15.3 Å². The van der Waals surface area contributed by atoms with Crippen LogP contribution in [0.3, 0.4) is 0 Å². The first-order chi connectivity index (χ1) is 10.4. The first-order valence-electron chi connectivity index (χ1n) is 7.77. The van der Waals surface area contributed by atoms with E-state index in [-0.39, 0.29) is 30.6 Å². The highest BCUT2D eigenvalue weighted by Crippen LogP contribution is 2.32. The van der Waals surface area contributed by atoms with Crippen LogP contribution in [0.1, 0.15) is 45.2 Å². The van der Waals surface area contributed by atoms with E-state index in [1.54, 1.807) is 11.9 Å². The smallest absolute Gasteiger partial charge is 0.317 e. The van der Waals surface area contributed by atoms with Crippen molar-refractivity contribution in [2.24, 2.45) is 5.92 Å². The van der Waals surface area contributed by atoms with Crippen molar-refractivity contribution in [3.63, 3.8) is 0 Å². The number of nitrogens with zero attached hydrogens (tertiary/aromatic N) is 1. The summed E-state index contributed by atoms with van der Waals surface area (Å²) in [6.45, 7) is 6.24. The first kappa shape index (κ1) is 18.8. The number of rotatable bonds is 7. The molecule has 1 rings (SSSR count). The maximum Gasteiger partial charge on any atom is 0.317 e. The van der Waals surface area contributed by atoms with Crippen molar-refractivity contribution in [2.45, 2.75) is 45.7 Å². The number of urea groups is 1. The minimum Gasteiger partial charge on any atom is -0.396 e. The van der Waals surface area contributed by atoms with E-state index in [0.717, 1.165) is 12.0 Å². The maximum atomic E-state index is 12.5. The quantitative estimate of drug-likeness (QED) is 0.800. The number of hydrogen-bond donors (Lipinski definition) is 2. The highest BCUT2D eigenvalue weighted by atomic mass is 35.5. The fraction of sp³-hybridized carbons (Fsp3) is 0.588. The molecule has 1 aromatic carbocycles. The molecule has 0 spiro atoms. The molecular formula is C17H27ClN2O2. The van der Waals surface area contributed by atoms with Crippen molar-refractivity contribution in [2.75, 3.05) is 13.7 Å². The number of benzene rings is 1. The van der Waals surface area contributed by atoms with Crippen LogP contribution < -0.4 is 5.32 Å². The van der Waals surface area contributed by atoms with E-state index >= 15 is 0 Å². The number of carbonyl (C=O) groups excluding carboxylic acids is 1. The zero-order valence-corrected chi connectivity index (χ0v) is 14.6. The molecular weight excluding hydrogens is 300 g/mol. The second-order valence-electron chi connectivity index (χ2n) is 6.04. The zero-order valence-electron chi connectivity index (χ0n) is 13.8. The average Bonchev–Trinajstić information content (AvgIpc) is 2.46. The first-order valence-corrected chi connectivity index (χ1v) is 8.14. The van der Waals surface area contributed by atoms with Crippen molar-refractivity contribution >= 4 is 17.6 Å². The lowest BCUT2D eigenvalue weighted by Crippen LogP contribution is -2.44. The summed E-state index contributed by atoms with van der Waals surface area (Å²) >= 11 is 6.30. The Labute approximate surface area is 138 Å². The number of halogens is 1. The van der Waals surface area contributed by atoms with Crippen LogP contribution in [0.4, 0.5) is 4.79 Å². The van der Waals surface area contributed by atoms with Crippen molar-refractivity contribution < 1.29 is 9.90 Å². The van der Waals surface area contributed by atoms with Gasteiger partial charge in [-0.05, 0) is 37.3 Å². The predicted octanol–water partition coefficient (Wildman–Crippen LogP) is 3.84. The summed E-state index contributed by atoms with van der Waals surface area (Å²) in [6.07, 6.45) is 1.44. The predicted molar refractivity (Wildman–Crippen MR) is 91.1 cm³/mol. The van der Waals surface area contributed by atoms with Crippen molar-refractivity contribution in [3.05, 3.63) is 34.9 Å². The van der Waals surface area contributed by atoms with Crippen LogP contribution in [0, 0.1) is 5.92 Å². The van der Waals surface area contributed by atoms with Gasteiger partial charge in [-0.1, -0.05) is 43.6 Å². The van der Waals surface area contributed by atoms with E-state index in [2.05, 4.69) is 19.2 Å². The van der Waals surface area contributed by atoms with Gasteiger partial charge in [0, 0.05) is 24.7 Å². The molecule has 4 nitrogen and oxygen atoms in total.